The normalized spacial score (nSPS) is 21.7. The molecule has 140 valence electrons. The van der Waals surface area contributed by atoms with Crippen molar-refractivity contribution in [2.24, 2.45) is 11.3 Å². The number of methoxy groups -OCH3 is 1. The van der Waals surface area contributed by atoms with Gasteiger partial charge in [0.2, 0.25) is 0 Å². The van der Waals surface area contributed by atoms with Crippen LogP contribution in [0.1, 0.15) is 37.7 Å². The van der Waals surface area contributed by atoms with Crippen LogP contribution in [0.4, 0.5) is 0 Å². The first-order chi connectivity index (χ1) is 13.2. The second-order valence-corrected chi connectivity index (χ2v) is 9.35. The molecule has 1 aliphatic carbocycles. The van der Waals surface area contributed by atoms with E-state index in [2.05, 4.69) is 42.2 Å². The van der Waals surface area contributed by atoms with Crippen molar-refractivity contribution in [3.63, 3.8) is 0 Å². The fourth-order valence-electron chi connectivity index (χ4n) is 3.87. The van der Waals surface area contributed by atoms with Gasteiger partial charge in [0.15, 0.2) is 0 Å². The zero-order valence-corrected chi connectivity index (χ0v) is 17.5. The summed E-state index contributed by atoms with van der Waals surface area (Å²) in [5.41, 5.74) is 0.545. The van der Waals surface area contributed by atoms with Crippen LogP contribution in [0.3, 0.4) is 0 Å². The molecule has 0 heterocycles. The van der Waals surface area contributed by atoms with Gasteiger partial charge in [-0.05, 0) is 0 Å². The average Bonchev–Trinajstić information content (AvgIpc) is 2.74. The summed E-state index contributed by atoms with van der Waals surface area (Å²) in [5.74, 6) is 6.83. The second kappa shape index (κ2) is 9.79. The molecule has 3 heteroatoms. The fraction of sp³-hybridized carbons (Fsp3) is 0.375. The monoisotopic (exact) mass is 426 g/mol. The van der Waals surface area contributed by atoms with Gasteiger partial charge in [-0.25, -0.2) is 0 Å². The van der Waals surface area contributed by atoms with E-state index >= 15 is 0 Å². The van der Waals surface area contributed by atoms with Gasteiger partial charge in [0.1, 0.15) is 0 Å². The van der Waals surface area contributed by atoms with E-state index in [9.17, 15) is 4.79 Å². The quantitative estimate of drug-likeness (QED) is 0.407. The van der Waals surface area contributed by atoms with Gasteiger partial charge in [0, 0.05) is 0 Å². The molecule has 3 rings (SSSR count). The van der Waals surface area contributed by atoms with Crippen LogP contribution in [0, 0.1) is 23.2 Å². The van der Waals surface area contributed by atoms with Crippen LogP contribution in [0.5, 0.6) is 0 Å². The molecule has 2 aromatic rings. The molecule has 0 bridgehead atoms. The number of hydrogen-bond acceptors (Lipinski definition) is 2. The van der Waals surface area contributed by atoms with Gasteiger partial charge in [0.05, 0.1) is 0 Å². The molecule has 0 saturated heterocycles. The third kappa shape index (κ3) is 5.04. The number of carbonyl (C=O) groups excluding carboxylic acids is 1. The van der Waals surface area contributed by atoms with Gasteiger partial charge in [-0.1, -0.05) is 0 Å². The van der Waals surface area contributed by atoms with Gasteiger partial charge in [-0.3, -0.25) is 0 Å². The zero-order chi connectivity index (χ0) is 19.0. The molecule has 2 atom stereocenters. The van der Waals surface area contributed by atoms with E-state index in [-0.39, 0.29) is 5.97 Å². The van der Waals surface area contributed by atoms with E-state index in [0.29, 0.717) is 27.3 Å². The maximum absolute atomic E-state index is 12.9. The van der Waals surface area contributed by atoms with Crippen molar-refractivity contribution in [3.05, 3.63) is 66.2 Å². The second-order valence-electron chi connectivity index (χ2n) is 7.06. The topological polar surface area (TPSA) is 26.3 Å². The van der Waals surface area contributed by atoms with Gasteiger partial charge < -0.3 is 0 Å². The fourth-order valence-corrected chi connectivity index (χ4v) is 6.45. The Balaban J connectivity index is 1.78. The van der Waals surface area contributed by atoms with E-state index < -0.39 is 5.41 Å². The first kappa shape index (κ1) is 19.7. The number of hydrogen-bond donors (Lipinski definition) is 0. The minimum absolute atomic E-state index is 0.0709. The first-order valence-corrected chi connectivity index (χ1v) is 11.6. The molecular formula is C24H26O2Se. The molecule has 1 saturated carbocycles. The van der Waals surface area contributed by atoms with Crippen molar-refractivity contribution >= 4 is 25.4 Å². The predicted octanol–water partition coefficient (Wildman–Crippen LogP) is 4.23. The van der Waals surface area contributed by atoms with Gasteiger partial charge >= 0.3 is 169 Å². The number of esters is 1. The van der Waals surface area contributed by atoms with Crippen LogP contribution in [-0.4, -0.2) is 28.0 Å². The molecule has 0 radical (unpaired) electrons. The Hall–Kier alpha value is -2.01. The van der Waals surface area contributed by atoms with Crippen LogP contribution >= 0.6 is 0 Å². The molecule has 2 nitrogen and oxygen atoms in total. The van der Waals surface area contributed by atoms with Crippen molar-refractivity contribution in [3.8, 4) is 11.8 Å². The molecule has 0 aromatic heterocycles. The van der Waals surface area contributed by atoms with Crippen LogP contribution in [0.2, 0.25) is 5.32 Å². The molecular weight excluding hydrogens is 399 g/mol. The molecule has 0 aliphatic heterocycles. The van der Waals surface area contributed by atoms with Crippen molar-refractivity contribution in [2.75, 3.05) is 7.11 Å². The molecule has 1 fully saturated rings. The predicted molar refractivity (Wildman–Crippen MR) is 111 cm³/mol. The summed E-state index contributed by atoms with van der Waals surface area (Å²) in [4.78, 5) is 12.9. The van der Waals surface area contributed by atoms with Crippen LogP contribution in [0.25, 0.3) is 0 Å². The summed E-state index contributed by atoms with van der Waals surface area (Å²) < 4.78 is 6.67. The first-order valence-electron chi connectivity index (χ1n) is 9.55. The summed E-state index contributed by atoms with van der Waals surface area (Å²) in [7, 11) is 1.52. The third-order valence-electron chi connectivity index (χ3n) is 5.40. The Morgan fingerprint density at radius 2 is 1.81 bits per heavy atom. The summed E-state index contributed by atoms with van der Waals surface area (Å²) in [6, 6.07) is 20.6. The van der Waals surface area contributed by atoms with Crippen LogP contribution in [-0.2, 0) is 9.53 Å². The van der Waals surface area contributed by atoms with Crippen molar-refractivity contribution in [1.29, 1.82) is 0 Å². The van der Waals surface area contributed by atoms with E-state index in [1.807, 2.05) is 30.3 Å². The SMILES string of the molecule is COC(=O)[C@@]1(CC#Cc2ccccc2)CCCC[C@H]1C[Se]c1ccccc1. The molecule has 27 heavy (non-hydrogen) atoms. The third-order valence-corrected chi connectivity index (χ3v) is 7.87. The Morgan fingerprint density at radius 3 is 2.52 bits per heavy atom. The molecule has 0 amide bonds. The standard InChI is InChI=1S/C24H26O2Se/c1-26-23(25)24(18-10-13-20-11-4-2-5-12-20)17-9-8-14-21(24)19-27-22-15-6-3-7-16-22/h2-7,11-12,15-16,21H,8-9,14,17-19H2,1H3/t21-,24+/m0/s1. The van der Waals surface area contributed by atoms with Crippen molar-refractivity contribution in [1.82, 2.24) is 0 Å². The zero-order valence-electron chi connectivity index (χ0n) is 15.8. The summed E-state index contributed by atoms with van der Waals surface area (Å²) in [5, 5.41) is 1.07. The number of ether oxygens (including phenoxy) is 1. The van der Waals surface area contributed by atoms with Crippen molar-refractivity contribution < 1.29 is 9.53 Å². The Kier molecular flexibility index (Phi) is 7.16. The summed E-state index contributed by atoms with van der Waals surface area (Å²) >= 11 is 0.370. The van der Waals surface area contributed by atoms with E-state index in [0.717, 1.165) is 30.1 Å². The van der Waals surface area contributed by atoms with E-state index in [1.165, 1.54) is 18.0 Å². The summed E-state index contributed by atoms with van der Waals surface area (Å²) in [6.07, 6.45) is 4.84. The van der Waals surface area contributed by atoms with Gasteiger partial charge in [-0.2, -0.15) is 0 Å². The molecule has 1 aliphatic rings. The number of benzene rings is 2. The van der Waals surface area contributed by atoms with Crippen molar-refractivity contribution in [2.45, 2.75) is 37.4 Å². The maximum atomic E-state index is 12.9. The van der Waals surface area contributed by atoms with E-state index in [4.69, 9.17) is 4.74 Å². The average molecular weight is 425 g/mol. The van der Waals surface area contributed by atoms with Gasteiger partial charge in [0.25, 0.3) is 0 Å². The Bertz CT molecular complexity index is 791. The Labute approximate surface area is 168 Å². The molecule has 0 spiro atoms. The van der Waals surface area contributed by atoms with Crippen LogP contribution in [0.15, 0.2) is 60.7 Å². The minimum atomic E-state index is -0.453. The van der Waals surface area contributed by atoms with Crippen LogP contribution < -0.4 is 4.46 Å². The summed E-state index contributed by atoms with van der Waals surface area (Å²) in [6.45, 7) is 0. The number of carbonyl (C=O) groups is 1. The molecule has 2 aromatic carbocycles. The molecule has 0 unspecified atom stereocenters. The van der Waals surface area contributed by atoms with E-state index in [1.54, 1.807) is 0 Å². The number of rotatable bonds is 5. The van der Waals surface area contributed by atoms with Gasteiger partial charge in [-0.15, -0.1) is 0 Å². The Morgan fingerprint density at radius 1 is 1.11 bits per heavy atom. The molecule has 0 N–H and O–H groups in total.